The fourth-order valence-electron chi connectivity index (χ4n) is 1.36. The number of thiophene rings is 1. The van der Waals surface area contributed by atoms with Crippen molar-refractivity contribution in [3.63, 3.8) is 0 Å². The summed E-state index contributed by atoms with van der Waals surface area (Å²) in [6, 6.07) is 3.77. The Kier molecular flexibility index (Phi) is 4.60. The highest BCUT2D eigenvalue weighted by Gasteiger charge is 2.27. The van der Waals surface area contributed by atoms with Gasteiger partial charge in [0.15, 0.2) is 0 Å². The van der Waals surface area contributed by atoms with Crippen molar-refractivity contribution in [2.24, 2.45) is 0 Å². The zero-order valence-electron chi connectivity index (χ0n) is 8.47. The van der Waals surface area contributed by atoms with Crippen molar-refractivity contribution in [1.29, 1.82) is 0 Å². The van der Waals surface area contributed by atoms with Crippen LogP contribution in [0.1, 0.15) is 17.7 Å². The van der Waals surface area contributed by atoms with Gasteiger partial charge in [0.25, 0.3) is 0 Å². The standard InChI is InChI=1S/C10H14F3NS/c1-14-8(4-5-10(11,12)13)7-9-3-2-6-15-9/h2-3,6,8,14H,4-5,7H2,1H3. The SMILES string of the molecule is CNC(CCC(F)(F)F)Cc1cccs1. The van der Waals surface area contributed by atoms with E-state index in [9.17, 15) is 13.2 Å². The molecule has 1 aromatic heterocycles. The van der Waals surface area contributed by atoms with Gasteiger partial charge in [0.05, 0.1) is 0 Å². The minimum atomic E-state index is -4.05. The zero-order chi connectivity index (χ0) is 11.3. The third-order valence-electron chi connectivity index (χ3n) is 2.21. The van der Waals surface area contributed by atoms with Crippen LogP contribution >= 0.6 is 11.3 Å². The second-order valence-electron chi connectivity index (χ2n) is 3.42. The lowest BCUT2D eigenvalue weighted by atomic mass is 10.1. The van der Waals surface area contributed by atoms with Crippen molar-refractivity contribution < 1.29 is 13.2 Å². The van der Waals surface area contributed by atoms with Crippen molar-refractivity contribution in [3.8, 4) is 0 Å². The summed E-state index contributed by atoms with van der Waals surface area (Å²) in [5, 5.41) is 4.86. The van der Waals surface area contributed by atoms with Gasteiger partial charge in [-0.1, -0.05) is 6.07 Å². The van der Waals surface area contributed by atoms with E-state index in [0.717, 1.165) is 4.88 Å². The highest BCUT2D eigenvalue weighted by molar-refractivity contribution is 7.09. The van der Waals surface area contributed by atoms with Crippen LogP contribution in [0.5, 0.6) is 0 Å². The summed E-state index contributed by atoms with van der Waals surface area (Å²) in [6.07, 6.45) is -3.96. The molecule has 0 fully saturated rings. The molecule has 1 heterocycles. The van der Waals surface area contributed by atoms with Gasteiger partial charge in [0.2, 0.25) is 0 Å². The van der Waals surface area contributed by atoms with Gasteiger partial charge in [-0.15, -0.1) is 11.3 Å². The third-order valence-corrected chi connectivity index (χ3v) is 3.11. The van der Waals surface area contributed by atoms with Crippen molar-refractivity contribution in [3.05, 3.63) is 22.4 Å². The summed E-state index contributed by atoms with van der Waals surface area (Å²) < 4.78 is 36.0. The van der Waals surface area contributed by atoms with Crippen LogP contribution in [0, 0.1) is 0 Å². The van der Waals surface area contributed by atoms with Gasteiger partial charge in [-0.3, -0.25) is 0 Å². The highest BCUT2D eigenvalue weighted by Crippen LogP contribution is 2.23. The van der Waals surface area contributed by atoms with Crippen LogP contribution in [0.15, 0.2) is 17.5 Å². The number of nitrogens with one attached hydrogen (secondary N) is 1. The maximum atomic E-state index is 12.0. The molecule has 0 aliphatic rings. The molecule has 1 atom stereocenters. The van der Waals surface area contributed by atoms with Gasteiger partial charge >= 0.3 is 6.18 Å². The fraction of sp³-hybridized carbons (Fsp3) is 0.600. The largest absolute Gasteiger partial charge is 0.389 e. The molecule has 0 aliphatic carbocycles. The topological polar surface area (TPSA) is 12.0 Å². The van der Waals surface area contributed by atoms with Crippen molar-refractivity contribution in [2.45, 2.75) is 31.5 Å². The molecule has 0 aliphatic heterocycles. The Morgan fingerprint density at radius 1 is 1.47 bits per heavy atom. The van der Waals surface area contributed by atoms with E-state index in [0.29, 0.717) is 6.42 Å². The fourth-order valence-corrected chi connectivity index (χ4v) is 2.14. The Hall–Kier alpha value is -0.550. The molecule has 15 heavy (non-hydrogen) atoms. The normalized spacial score (nSPS) is 14.1. The van der Waals surface area contributed by atoms with Crippen molar-refractivity contribution in [2.75, 3.05) is 7.05 Å². The summed E-state index contributed by atoms with van der Waals surface area (Å²) in [5.74, 6) is 0. The number of halogens is 3. The molecule has 0 amide bonds. The molecule has 1 rings (SSSR count). The van der Waals surface area contributed by atoms with E-state index in [2.05, 4.69) is 5.32 Å². The molecule has 1 aromatic rings. The molecule has 1 nitrogen and oxygen atoms in total. The Morgan fingerprint density at radius 2 is 2.20 bits per heavy atom. The van der Waals surface area contributed by atoms with Gasteiger partial charge in [-0.2, -0.15) is 13.2 Å². The lowest BCUT2D eigenvalue weighted by Gasteiger charge is -2.16. The van der Waals surface area contributed by atoms with E-state index in [1.807, 2.05) is 17.5 Å². The average Bonchev–Trinajstić information content (AvgIpc) is 2.63. The van der Waals surface area contributed by atoms with Crippen LogP contribution in [0.25, 0.3) is 0 Å². The summed E-state index contributed by atoms with van der Waals surface area (Å²) in [5.41, 5.74) is 0. The first-order valence-corrected chi connectivity index (χ1v) is 5.65. The smallest absolute Gasteiger partial charge is 0.317 e. The Labute approximate surface area is 91.3 Å². The van der Waals surface area contributed by atoms with Crippen molar-refractivity contribution >= 4 is 11.3 Å². The van der Waals surface area contributed by atoms with E-state index in [-0.39, 0.29) is 12.5 Å². The van der Waals surface area contributed by atoms with Crippen LogP contribution < -0.4 is 5.32 Å². The molecule has 0 radical (unpaired) electrons. The number of likely N-dealkylation sites (N-methyl/N-ethyl adjacent to an activating group) is 1. The summed E-state index contributed by atoms with van der Waals surface area (Å²) >= 11 is 1.58. The maximum absolute atomic E-state index is 12.0. The molecule has 86 valence electrons. The van der Waals surface area contributed by atoms with Gasteiger partial charge in [-0.25, -0.2) is 0 Å². The van der Waals surface area contributed by atoms with E-state index >= 15 is 0 Å². The second-order valence-corrected chi connectivity index (χ2v) is 4.46. The number of hydrogen-bond acceptors (Lipinski definition) is 2. The molecule has 1 unspecified atom stereocenters. The van der Waals surface area contributed by atoms with Gasteiger partial charge < -0.3 is 5.32 Å². The number of rotatable bonds is 5. The minimum Gasteiger partial charge on any atom is -0.317 e. The van der Waals surface area contributed by atoms with E-state index < -0.39 is 12.6 Å². The van der Waals surface area contributed by atoms with E-state index in [4.69, 9.17) is 0 Å². The highest BCUT2D eigenvalue weighted by atomic mass is 32.1. The molecule has 0 spiro atoms. The molecule has 0 bridgehead atoms. The van der Waals surface area contributed by atoms with Gasteiger partial charge in [-0.05, 0) is 31.3 Å². The molecule has 0 saturated heterocycles. The van der Waals surface area contributed by atoms with Crippen LogP contribution in [0.3, 0.4) is 0 Å². The number of hydrogen-bond donors (Lipinski definition) is 1. The van der Waals surface area contributed by atoms with Crippen LogP contribution in [-0.4, -0.2) is 19.3 Å². The lowest BCUT2D eigenvalue weighted by Crippen LogP contribution is -2.29. The van der Waals surface area contributed by atoms with E-state index in [1.54, 1.807) is 18.4 Å². The number of alkyl halides is 3. The molecule has 5 heteroatoms. The Morgan fingerprint density at radius 3 is 2.67 bits per heavy atom. The van der Waals surface area contributed by atoms with Gasteiger partial charge in [0, 0.05) is 17.3 Å². The van der Waals surface area contributed by atoms with Gasteiger partial charge in [0.1, 0.15) is 0 Å². The van der Waals surface area contributed by atoms with Crippen molar-refractivity contribution in [1.82, 2.24) is 5.32 Å². The first-order chi connectivity index (χ1) is 7.01. The zero-order valence-corrected chi connectivity index (χ0v) is 9.29. The monoisotopic (exact) mass is 237 g/mol. The summed E-state index contributed by atoms with van der Waals surface area (Å²) in [7, 11) is 1.70. The minimum absolute atomic E-state index is 0.0923. The van der Waals surface area contributed by atoms with E-state index in [1.165, 1.54) is 0 Å². The second kappa shape index (κ2) is 5.51. The molecule has 0 aromatic carbocycles. The Balaban J connectivity index is 2.36. The van der Waals surface area contributed by atoms with Crippen LogP contribution in [0.2, 0.25) is 0 Å². The summed E-state index contributed by atoms with van der Waals surface area (Å²) in [6.45, 7) is 0. The first kappa shape index (κ1) is 12.5. The molecule has 1 N–H and O–H groups in total. The summed E-state index contributed by atoms with van der Waals surface area (Å²) in [4.78, 5) is 1.12. The molecule has 0 saturated carbocycles. The lowest BCUT2D eigenvalue weighted by molar-refractivity contribution is -0.136. The third kappa shape index (κ3) is 5.18. The Bertz CT molecular complexity index is 269. The quantitative estimate of drug-likeness (QED) is 0.829. The van der Waals surface area contributed by atoms with Crippen LogP contribution in [-0.2, 0) is 6.42 Å². The van der Waals surface area contributed by atoms with Crippen LogP contribution in [0.4, 0.5) is 13.2 Å². The molecular weight excluding hydrogens is 223 g/mol. The predicted octanol–water partition coefficient (Wildman–Crippen LogP) is 3.22. The average molecular weight is 237 g/mol. The predicted molar refractivity (Wildman–Crippen MR) is 56.2 cm³/mol. The first-order valence-electron chi connectivity index (χ1n) is 4.77. The maximum Gasteiger partial charge on any atom is 0.389 e. The molecular formula is C10H14F3NS.